The number of aldehydes is 1. The van der Waals surface area contributed by atoms with E-state index in [0.717, 1.165) is 12.1 Å². The van der Waals surface area contributed by atoms with Gasteiger partial charge in [0.2, 0.25) is 0 Å². The molecule has 0 radical (unpaired) electrons. The van der Waals surface area contributed by atoms with Crippen molar-refractivity contribution < 1.29 is 24.7 Å². The Hall–Kier alpha value is -2.79. The highest BCUT2D eigenvalue weighted by atomic mass is 16.6. The smallest absolute Gasteiger partial charge is 0.337 e. The Balaban J connectivity index is 3.68. The maximum atomic E-state index is 10.8. The number of hydrogen-bond donors (Lipinski definition) is 2. The van der Waals surface area contributed by atoms with E-state index >= 15 is 0 Å². The number of benzene rings is 1. The number of nitro benzene ring substituents is 1. The Kier molecular flexibility index (Phi) is 3.71. The van der Waals surface area contributed by atoms with Crippen LogP contribution in [0, 0.1) is 21.4 Å². The lowest BCUT2D eigenvalue weighted by Gasteiger charge is -2.10. The molecule has 8 nitrogen and oxygen atoms in total. The van der Waals surface area contributed by atoms with Gasteiger partial charge in [0.05, 0.1) is 22.1 Å². The molecule has 8 heteroatoms. The van der Waals surface area contributed by atoms with E-state index in [1.165, 1.54) is 0 Å². The van der Waals surface area contributed by atoms with Gasteiger partial charge in [0, 0.05) is 11.6 Å². The monoisotopic (exact) mass is 250 g/mol. The molecule has 0 saturated carbocycles. The van der Waals surface area contributed by atoms with Crippen molar-refractivity contribution in [3.8, 4) is 6.07 Å². The van der Waals surface area contributed by atoms with Crippen LogP contribution in [0.2, 0.25) is 0 Å². The van der Waals surface area contributed by atoms with Gasteiger partial charge in [-0.15, -0.1) is 0 Å². The van der Waals surface area contributed by atoms with Gasteiger partial charge in [0.15, 0.2) is 12.4 Å². The van der Waals surface area contributed by atoms with Crippen molar-refractivity contribution in [1.29, 1.82) is 5.26 Å². The lowest BCUT2D eigenvalue weighted by Crippen LogP contribution is -2.15. The number of nitrogens with zero attached hydrogens (tertiary/aromatic N) is 2. The fraction of sp³-hybridized carbons (Fsp3) is 0.100. The van der Waals surface area contributed by atoms with Gasteiger partial charge >= 0.3 is 5.97 Å². The molecule has 1 unspecified atom stereocenters. The van der Waals surface area contributed by atoms with Crippen LogP contribution < -0.4 is 0 Å². The summed E-state index contributed by atoms with van der Waals surface area (Å²) in [6.45, 7) is 0. The third kappa shape index (κ3) is 2.16. The minimum Gasteiger partial charge on any atom is -0.479 e. The number of carboxylic acid groups (broad SMARTS) is 1. The van der Waals surface area contributed by atoms with Crippen LogP contribution in [-0.4, -0.2) is 27.4 Å². The number of aliphatic hydroxyl groups is 1. The predicted molar refractivity (Wildman–Crippen MR) is 55.8 cm³/mol. The number of nitro groups is 1. The molecule has 1 atom stereocenters. The van der Waals surface area contributed by atoms with Crippen LogP contribution in [0.4, 0.5) is 5.69 Å². The van der Waals surface area contributed by atoms with Crippen molar-refractivity contribution in [2.45, 2.75) is 6.10 Å². The number of aliphatic carboxylic acids is 1. The van der Waals surface area contributed by atoms with E-state index in [0.29, 0.717) is 0 Å². The minimum atomic E-state index is -2.18. The zero-order valence-corrected chi connectivity index (χ0v) is 8.73. The number of aliphatic hydroxyl groups excluding tert-OH is 1. The lowest BCUT2D eigenvalue weighted by molar-refractivity contribution is -0.385. The number of carbonyl (C=O) groups excluding carboxylic acids is 1. The molecule has 0 heterocycles. The van der Waals surface area contributed by atoms with E-state index in [-0.39, 0.29) is 11.8 Å². The van der Waals surface area contributed by atoms with Gasteiger partial charge < -0.3 is 10.2 Å². The van der Waals surface area contributed by atoms with Gasteiger partial charge in [-0.05, 0) is 6.07 Å². The first-order valence-corrected chi connectivity index (χ1v) is 4.51. The average Bonchev–Trinajstić information content (AvgIpc) is 2.35. The Bertz CT molecular complexity index is 574. The summed E-state index contributed by atoms with van der Waals surface area (Å²) in [5.41, 5.74) is -2.17. The van der Waals surface area contributed by atoms with Crippen molar-refractivity contribution in [2.24, 2.45) is 0 Å². The second-order valence-corrected chi connectivity index (χ2v) is 3.19. The van der Waals surface area contributed by atoms with E-state index in [1.54, 1.807) is 6.07 Å². The van der Waals surface area contributed by atoms with Crippen LogP contribution in [0.5, 0.6) is 0 Å². The van der Waals surface area contributed by atoms with Gasteiger partial charge in [-0.2, -0.15) is 5.26 Å². The molecule has 1 aromatic carbocycles. The molecule has 0 aliphatic heterocycles. The van der Waals surface area contributed by atoms with Crippen LogP contribution in [0.25, 0.3) is 0 Å². The highest BCUT2D eigenvalue weighted by molar-refractivity contribution is 5.89. The molecule has 0 bridgehead atoms. The molecule has 0 amide bonds. The van der Waals surface area contributed by atoms with Crippen LogP contribution in [0.15, 0.2) is 12.1 Å². The predicted octanol–water partition coefficient (Wildman–Crippen LogP) is 0.397. The third-order valence-electron chi connectivity index (χ3n) is 2.21. The Labute approximate surface area is 99.8 Å². The average molecular weight is 250 g/mol. The fourth-order valence-corrected chi connectivity index (χ4v) is 1.42. The first-order chi connectivity index (χ1) is 8.43. The molecular formula is C10H6N2O6. The molecule has 1 aromatic rings. The summed E-state index contributed by atoms with van der Waals surface area (Å²) in [6, 6.07) is 3.45. The molecule has 0 aromatic heterocycles. The Morgan fingerprint density at radius 2 is 2.17 bits per heavy atom. The fourth-order valence-electron chi connectivity index (χ4n) is 1.42. The molecule has 0 saturated heterocycles. The topological polar surface area (TPSA) is 142 Å². The molecular weight excluding hydrogens is 244 g/mol. The van der Waals surface area contributed by atoms with Crippen LogP contribution >= 0.6 is 0 Å². The summed E-state index contributed by atoms with van der Waals surface area (Å²) in [5, 5.41) is 37.5. The first kappa shape index (κ1) is 13.3. The summed E-state index contributed by atoms with van der Waals surface area (Å²) in [4.78, 5) is 31.3. The summed E-state index contributed by atoms with van der Waals surface area (Å²) < 4.78 is 0. The van der Waals surface area contributed by atoms with Gasteiger partial charge in [0.1, 0.15) is 0 Å². The van der Waals surface area contributed by atoms with E-state index < -0.39 is 33.8 Å². The van der Waals surface area contributed by atoms with E-state index in [4.69, 9.17) is 10.4 Å². The summed E-state index contributed by atoms with van der Waals surface area (Å²) >= 11 is 0. The molecule has 0 aliphatic rings. The van der Waals surface area contributed by atoms with Crippen LogP contribution in [-0.2, 0) is 4.79 Å². The molecule has 2 N–H and O–H groups in total. The number of rotatable bonds is 4. The van der Waals surface area contributed by atoms with Crippen LogP contribution in [0.1, 0.15) is 27.6 Å². The SMILES string of the molecule is N#Cc1ccc([N+](=O)[O-])c(C=O)c1C(O)C(=O)O. The van der Waals surface area contributed by atoms with Gasteiger partial charge in [-0.3, -0.25) is 14.9 Å². The number of carboxylic acids is 1. The largest absolute Gasteiger partial charge is 0.479 e. The lowest BCUT2D eigenvalue weighted by atomic mass is 9.96. The second kappa shape index (κ2) is 5.03. The minimum absolute atomic E-state index is 0.0421. The van der Waals surface area contributed by atoms with Gasteiger partial charge in [-0.1, -0.05) is 0 Å². The van der Waals surface area contributed by atoms with Crippen molar-refractivity contribution in [3.63, 3.8) is 0 Å². The highest BCUT2D eigenvalue weighted by Crippen LogP contribution is 2.28. The van der Waals surface area contributed by atoms with E-state index in [9.17, 15) is 24.8 Å². The highest BCUT2D eigenvalue weighted by Gasteiger charge is 2.28. The summed E-state index contributed by atoms with van der Waals surface area (Å²) in [6.07, 6.45) is -2.14. The normalized spacial score (nSPS) is 11.3. The molecule has 0 spiro atoms. The summed E-state index contributed by atoms with van der Waals surface area (Å²) in [5.74, 6) is -1.71. The van der Waals surface area contributed by atoms with Gasteiger partial charge in [0.25, 0.3) is 5.69 Å². The third-order valence-corrected chi connectivity index (χ3v) is 2.21. The zero-order chi connectivity index (χ0) is 13.9. The van der Waals surface area contributed by atoms with E-state index in [1.807, 2.05) is 0 Å². The quantitative estimate of drug-likeness (QED) is 0.447. The van der Waals surface area contributed by atoms with Crippen molar-refractivity contribution >= 4 is 17.9 Å². The standard InChI is InChI=1S/C10H6N2O6/c11-3-5-1-2-7(12(17)18)6(4-13)8(5)9(14)10(15)16/h1-2,4,9,14H,(H,15,16). The summed E-state index contributed by atoms with van der Waals surface area (Å²) in [7, 11) is 0. The molecule has 0 aliphatic carbocycles. The Morgan fingerprint density at radius 1 is 1.56 bits per heavy atom. The maximum absolute atomic E-state index is 10.8. The number of hydrogen-bond acceptors (Lipinski definition) is 6. The van der Waals surface area contributed by atoms with E-state index in [2.05, 4.69) is 0 Å². The first-order valence-electron chi connectivity index (χ1n) is 4.51. The molecule has 92 valence electrons. The molecule has 0 fully saturated rings. The Morgan fingerprint density at radius 3 is 2.56 bits per heavy atom. The zero-order valence-electron chi connectivity index (χ0n) is 8.73. The number of carbonyl (C=O) groups is 2. The maximum Gasteiger partial charge on any atom is 0.337 e. The van der Waals surface area contributed by atoms with Gasteiger partial charge in [-0.25, -0.2) is 4.79 Å². The molecule has 18 heavy (non-hydrogen) atoms. The van der Waals surface area contributed by atoms with Crippen molar-refractivity contribution in [1.82, 2.24) is 0 Å². The van der Waals surface area contributed by atoms with Crippen molar-refractivity contribution in [2.75, 3.05) is 0 Å². The molecule has 1 rings (SSSR count). The second-order valence-electron chi connectivity index (χ2n) is 3.19. The number of nitriles is 1. The van der Waals surface area contributed by atoms with Crippen molar-refractivity contribution in [3.05, 3.63) is 38.9 Å². The van der Waals surface area contributed by atoms with Crippen LogP contribution in [0.3, 0.4) is 0 Å².